The summed E-state index contributed by atoms with van der Waals surface area (Å²) in [6.45, 7) is 4.41. The van der Waals surface area contributed by atoms with Gasteiger partial charge in [-0.05, 0) is 38.3 Å². The Hall–Kier alpha value is -1.79. The van der Waals surface area contributed by atoms with E-state index in [1.807, 2.05) is 18.4 Å². The van der Waals surface area contributed by atoms with E-state index < -0.39 is 17.2 Å². The van der Waals surface area contributed by atoms with Crippen LogP contribution in [0.2, 0.25) is 0 Å². The quantitative estimate of drug-likeness (QED) is 0.932. The SMILES string of the molecule is COC(C)(C)c1cnc2n1C[C@H](c1cccc(F)c1F)CC[C@H]2N. The minimum Gasteiger partial charge on any atom is -0.373 e. The lowest BCUT2D eigenvalue weighted by Gasteiger charge is -2.26. The van der Waals surface area contributed by atoms with Crippen LogP contribution in [0.4, 0.5) is 8.78 Å². The maximum atomic E-state index is 14.3. The predicted octanol–water partition coefficient (Wildman–Crippen LogP) is 3.62. The van der Waals surface area contributed by atoms with Crippen LogP contribution < -0.4 is 5.73 Å². The molecule has 2 aromatic rings. The van der Waals surface area contributed by atoms with Gasteiger partial charge in [0.2, 0.25) is 0 Å². The molecule has 0 saturated carbocycles. The zero-order valence-electron chi connectivity index (χ0n) is 14.2. The van der Waals surface area contributed by atoms with Crippen molar-refractivity contribution < 1.29 is 13.5 Å². The first-order valence-electron chi connectivity index (χ1n) is 8.15. The molecule has 0 bridgehead atoms. The molecule has 0 saturated heterocycles. The highest BCUT2D eigenvalue weighted by Crippen LogP contribution is 2.36. The van der Waals surface area contributed by atoms with Gasteiger partial charge >= 0.3 is 0 Å². The molecule has 1 aliphatic rings. The van der Waals surface area contributed by atoms with E-state index in [2.05, 4.69) is 4.98 Å². The standard InChI is InChI=1S/C18H23F2N3O/c1-18(2,24-3)15-9-22-17-14(21)8-7-11(10-23(15)17)12-5-4-6-13(19)16(12)20/h4-6,9,11,14H,7-8,10,21H2,1-3H3/t11-,14-/m1/s1. The highest BCUT2D eigenvalue weighted by Gasteiger charge is 2.32. The summed E-state index contributed by atoms with van der Waals surface area (Å²) >= 11 is 0. The zero-order valence-corrected chi connectivity index (χ0v) is 14.2. The van der Waals surface area contributed by atoms with Gasteiger partial charge in [0.25, 0.3) is 0 Å². The molecule has 1 aromatic carbocycles. The first kappa shape index (κ1) is 17.0. The average Bonchev–Trinajstić information content (AvgIpc) is 2.91. The fourth-order valence-electron chi connectivity index (χ4n) is 3.37. The van der Waals surface area contributed by atoms with E-state index in [0.717, 1.165) is 17.6 Å². The van der Waals surface area contributed by atoms with Crippen LogP contribution in [-0.4, -0.2) is 16.7 Å². The lowest BCUT2D eigenvalue weighted by molar-refractivity contribution is 0.0120. The highest BCUT2D eigenvalue weighted by molar-refractivity contribution is 5.25. The number of aromatic nitrogens is 2. The summed E-state index contributed by atoms with van der Waals surface area (Å²) in [7, 11) is 1.64. The van der Waals surface area contributed by atoms with Gasteiger partial charge in [-0.1, -0.05) is 12.1 Å². The number of methoxy groups -OCH3 is 1. The molecule has 2 N–H and O–H groups in total. The molecule has 1 aromatic heterocycles. The number of ether oxygens (including phenoxy) is 1. The van der Waals surface area contributed by atoms with Crippen molar-refractivity contribution >= 4 is 0 Å². The lowest BCUT2D eigenvalue weighted by atomic mass is 9.92. The van der Waals surface area contributed by atoms with Crippen molar-refractivity contribution in [2.24, 2.45) is 5.73 Å². The molecule has 24 heavy (non-hydrogen) atoms. The van der Waals surface area contributed by atoms with Gasteiger partial charge in [-0.3, -0.25) is 0 Å². The minimum atomic E-state index is -0.815. The van der Waals surface area contributed by atoms with Gasteiger partial charge in [-0.25, -0.2) is 13.8 Å². The van der Waals surface area contributed by atoms with E-state index in [1.54, 1.807) is 25.4 Å². The van der Waals surface area contributed by atoms with Crippen molar-refractivity contribution in [2.45, 2.75) is 50.8 Å². The van der Waals surface area contributed by atoms with Crippen molar-refractivity contribution in [3.8, 4) is 0 Å². The Morgan fingerprint density at radius 2 is 2.04 bits per heavy atom. The van der Waals surface area contributed by atoms with E-state index in [-0.39, 0.29) is 12.0 Å². The number of benzene rings is 1. The van der Waals surface area contributed by atoms with Gasteiger partial charge in [-0.15, -0.1) is 0 Å². The van der Waals surface area contributed by atoms with Crippen LogP contribution >= 0.6 is 0 Å². The van der Waals surface area contributed by atoms with Crippen molar-refractivity contribution in [1.82, 2.24) is 9.55 Å². The molecule has 2 atom stereocenters. The van der Waals surface area contributed by atoms with Crippen molar-refractivity contribution in [3.63, 3.8) is 0 Å². The molecule has 6 heteroatoms. The molecule has 0 aliphatic carbocycles. The van der Waals surface area contributed by atoms with Gasteiger partial charge in [-0.2, -0.15) is 0 Å². The Labute approximate surface area is 140 Å². The molecule has 0 amide bonds. The van der Waals surface area contributed by atoms with Crippen molar-refractivity contribution in [3.05, 3.63) is 53.1 Å². The summed E-state index contributed by atoms with van der Waals surface area (Å²) < 4.78 is 35.5. The molecule has 3 rings (SSSR count). The number of halogens is 2. The summed E-state index contributed by atoms with van der Waals surface area (Å²) in [4.78, 5) is 4.47. The largest absolute Gasteiger partial charge is 0.373 e. The van der Waals surface area contributed by atoms with E-state index in [9.17, 15) is 8.78 Å². The van der Waals surface area contributed by atoms with E-state index >= 15 is 0 Å². The second kappa shape index (κ2) is 6.26. The van der Waals surface area contributed by atoms with Crippen LogP contribution in [-0.2, 0) is 16.9 Å². The predicted molar refractivity (Wildman–Crippen MR) is 87.5 cm³/mol. The number of rotatable bonds is 3. The van der Waals surface area contributed by atoms with Gasteiger partial charge in [0.15, 0.2) is 11.6 Å². The number of nitrogens with two attached hydrogens (primary N) is 1. The molecule has 4 nitrogen and oxygen atoms in total. The Bertz CT molecular complexity index is 742. The van der Waals surface area contributed by atoms with Crippen molar-refractivity contribution in [1.29, 1.82) is 0 Å². The maximum absolute atomic E-state index is 14.3. The molecule has 2 heterocycles. The van der Waals surface area contributed by atoms with Gasteiger partial charge in [0.1, 0.15) is 11.4 Å². The molecular weight excluding hydrogens is 312 g/mol. The number of fused-ring (bicyclic) bond motifs is 1. The van der Waals surface area contributed by atoms with Crippen LogP contribution in [0.3, 0.4) is 0 Å². The van der Waals surface area contributed by atoms with Crippen LogP contribution in [0.15, 0.2) is 24.4 Å². The maximum Gasteiger partial charge on any atom is 0.162 e. The van der Waals surface area contributed by atoms with Gasteiger partial charge < -0.3 is 15.0 Å². The average molecular weight is 335 g/mol. The minimum absolute atomic E-state index is 0.159. The summed E-state index contributed by atoms with van der Waals surface area (Å²) in [6.07, 6.45) is 3.12. The second-order valence-corrected chi connectivity index (χ2v) is 6.85. The molecule has 0 spiro atoms. The molecule has 130 valence electrons. The van der Waals surface area contributed by atoms with Crippen molar-refractivity contribution in [2.75, 3.05) is 7.11 Å². The third-order valence-corrected chi connectivity index (χ3v) is 5.00. The highest BCUT2D eigenvalue weighted by atomic mass is 19.2. The lowest BCUT2D eigenvalue weighted by Crippen LogP contribution is -2.26. The Balaban J connectivity index is 2.05. The normalized spacial score (nSPS) is 21.4. The number of hydrogen-bond donors (Lipinski definition) is 1. The van der Waals surface area contributed by atoms with Crippen LogP contribution in [0.25, 0.3) is 0 Å². The summed E-state index contributed by atoms with van der Waals surface area (Å²) in [5.74, 6) is -0.973. The Morgan fingerprint density at radius 3 is 2.75 bits per heavy atom. The fraction of sp³-hybridized carbons (Fsp3) is 0.500. The van der Waals surface area contributed by atoms with Crippen LogP contribution in [0, 0.1) is 11.6 Å². The summed E-state index contributed by atoms with van der Waals surface area (Å²) in [5, 5.41) is 0. The first-order chi connectivity index (χ1) is 11.3. The van der Waals surface area contributed by atoms with Gasteiger partial charge in [0.05, 0.1) is 17.9 Å². The summed E-state index contributed by atoms with van der Waals surface area (Å²) in [6, 6.07) is 4.11. The number of hydrogen-bond acceptors (Lipinski definition) is 3. The first-order valence-corrected chi connectivity index (χ1v) is 8.15. The summed E-state index contributed by atoms with van der Waals surface area (Å²) in [5.41, 5.74) is 7.00. The monoisotopic (exact) mass is 335 g/mol. The van der Waals surface area contributed by atoms with Crippen LogP contribution in [0.5, 0.6) is 0 Å². The fourth-order valence-corrected chi connectivity index (χ4v) is 3.37. The topological polar surface area (TPSA) is 53.1 Å². The second-order valence-electron chi connectivity index (χ2n) is 6.85. The smallest absolute Gasteiger partial charge is 0.162 e. The number of imidazole rings is 1. The molecular formula is C18H23F2N3O. The Morgan fingerprint density at radius 1 is 1.29 bits per heavy atom. The number of nitrogens with zero attached hydrogens (tertiary/aromatic N) is 2. The van der Waals surface area contributed by atoms with E-state index in [4.69, 9.17) is 10.5 Å². The van der Waals surface area contributed by atoms with E-state index in [0.29, 0.717) is 24.9 Å². The van der Waals surface area contributed by atoms with Crippen LogP contribution in [0.1, 0.15) is 55.7 Å². The molecule has 0 unspecified atom stereocenters. The zero-order chi connectivity index (χ0) is 17.5. The molecule has 1 aliphatic heterocycles. The molecule has 0 radical (unpaired) electrons. The van der Waals surface area contributed by atoms with Gasteiger partial charge in [0, 0.05) is 19.6 Å². The third-order valence-electron chi connectivity index (χ3n) is 5.00. The third kappa shape index (κ3) is 2.84. The molecule has 0 fully saturated rings. The Kier molecular flexibility index (Phi) is 4.44. The van der Waals surface area contributed by atoms with E-state index in [1.165, 1.54) is 0 Å².